The van der Waals surface area contributed by atoms with Crippen LogP contribution in [0.3, 0.4) is 0 Å². The number of hydrogen-bond acceptors (Lipinski definition) is 4. The first-order valence-corrected chi connectivity index (χ1v) is 5.36. The molecule has 2 amide bonds. The van der Waals surface area contributed by atoms with Gasteiger partial charge >= 0.3 is 12.0 Å². The maximum absolute atomic E-state index is 11.4. The maximum Gasteiger partial charge on any atom is 0.354 e. The molecule has 3 N–H and O–H groups in total. The summed E-state index contributed by atoms with van der Waals surface area (Å²) in [6, 6.07) is 2.43. The van der Waals surface area contributed by atoms with Crippen LogP contribution in [-0.2, 0) is 4.74 Å². The Morgan fingerprint density at radius 3 is 2.78 bits per heavy atom. The van der Waals surface area contributed by atoms with Gasteiger partial charge in [-0.1, -0.05) is 0 Å². The van der Waals surface area contributed by atoms with Crippen LogP contribution < -0.4 is 10.6 Å². The van der Waals surface area contributed by atoms with Crippen LogP contribution in [0.15, 0.2) is 18.3 Å². The Labute approximate surface area is 104 Å². The number of ether oxygens (including phenoxy) is 1. The van der Waals surface area contributed by atoms with Gasteiger partial charge in [-0.3, -0.25) is 0 Å². The predicted molar refractivity (Wildman–Crippen MR) is 64.7 cm³/mol. The van der Waals surface area contributed by atoms with E-state index < -0.39 is 5.97 Å². The van der Waals surface area contributed by atoms with Gasteiger partial charge in [-0.05, 0) is 18.6 Å². The average molecular weight is 253 g/mol. The first-order valence-electron chi connectivity index (χ1n) is 5.36. The van der Waals surface area contributed by atoms with Gasteiger partial charge in [0.1, 0.15) is 5.69 Å². The molecular formula is C11H15N3O4. The average Bonchev–Trinajstić information content (AvgIpc) is 2.35. The van der Waals surface area contributed by atoms with Crippen molar-refractivity contribution in [2.45, 2.75) is 6.42 Å². The number of pyridine rings is 1. The van der Waals surface area contributed by atoms with Crippen molar-refractivity contribution in [3.8, 4) is 0 Å². The van der Waals surface area contributed by atoms with Crippen LogP contribution in [0.4, 0.5) is 10.5 Å². The molecule has 1 rings (SSSR count). The molecule has 1 aromatic rings. The fourth-order valence-corrected chi connectivity index (χ4v) is 1.19. The zero-order valence-corrected chi connectivity index (χ0v) is 9.97. The minimum absolute atomic E-state index is 0.0685. The summed E-state index contributed by atoms with van der Waals surface area (Å²) in [5.74, 6) is -1.11. The summed E-state index contributed by atoms with van der Waals surface area (Å²) in [4.78, 5) is 25.6. The van der Waals surface area contributed by atoms with E-state index >= 15 is 0 Å². The zero-order valence-electron chi connectivity index (χ0n) is 9.97. The van der Waals surface area contributed by atoms with Crippen molar-refractivity contribution in [2.75, 3.05) is 25.6 Å². The molecule has 0 aliphatic carbocycles. The van der Waals surface area contributed by atoms with Crippen LogP contribution in [0.2, 0.25) is 0 Å². The predicted octanol–water partition coefficient (Wildman–Crippen LogP) is 0.938. The number of amides is 2. The molecule has 0 saturated heterocycles. The zero-order chi connectivity index (χ0) is 13.4. The van der Waals surface area contributed by atoms with Gasteiger partial charge in [0.2, 0.25) is 0 Å². The second-order valence-electron chi connectivity index (χ2n) is 3.46. The maximum atomic E-state index is 11.4. The van der Waals surface area contributed by atoms with Gasteiger partial charge < -0.3 is 20.5 Å². The van der Waals surface area contributed by atoms with Gasteiger partial charge in [-0.25, -0.2) is 14.6 Å². The van der Waals surface area contributed by atoms with E-state index in [4.69, 9.17) is 9.84 Å². The Balaban J connectivity index is 2.37. The Morgan fingerprint density at radius 1 is 1.44 bits per heavy atom. The highest BCUT2D eigenvalue weighted by molar-refractivity contribution is 5.90. The molecule has 0 unspecified atom stereocenters. The van der Waals surface area contributed by atoms with Crippen LogP contribution in [0, 0.1) is 0 Å². The van der Waals surface area contributed by atoms with Gasteiger partial charge in [0.25, 0.3) is 0 Å². The lowest BCUT2D eigenvalue weighted by molar-refractivity contribution is 0.0690. The number of methoxy groups -OCH3 is 1. The van der Waals surface area contributed by atoms with Crippen LogP contribution >= 0.6 is 0 Å². The van der Waals surface area contributed by atoms with E-state index in [0.717, 1.165) is 6.42 Å². The van der Waals surface area contributed by atoms with Crippen LogP contribution in [0.5, 0.6) is 0 Å². The third-order valence-electron chi connectivity index (χ3n) is 2.05. The number of anilines is 1. The standard InChI is InChI=1S/C11H15N3O4/c1-18-6-2-5-12-11(17)14-8-3-4-9(10(15)16)13-7-8/h3-4,7H,2,5-6H2,1H3,(H,15,16)(H2,12,14,17). The topological polar surface area (TPSA) is 101 Å². The number of carbonyl (C=O) groups is 2. The van der Waals surface area contributed by atoms with E-state index in [2.05, 4.69) is 15.6 Å². The summed E-state index contributed by atoms with van der Waals surface area (Å²) in [6.45, 7) is 1.08. The molecule has 1 aromatic heterocycles. The number of carboxylic acids is 1. The quantitative estimate of drug-likeness (QED) is 0.655. The fourth-order valence-electron chi connectivity index (χ4n) is 1.19. The molecule has 0 fully saturated rings. The molecule has 0 saturated carbocycles. The molecule has 7 heteroatoms. The summed E-state index contributed by atoms with van der Waals surface area (Å²) in [7, 11) is 1.59. The van der Waals surface area contributed by atoms with E-state index in [1.165, 1.54) is 18.3 Å². The summed E-state index contributed by atoms with van der Waals surface area (Å²) in [6.07, 6.45) is 2.01. The highest BCUT2D eigenvalue weighted by Gasteiger charge is 2.05. The number of carboxylic acid groups (broad SMARTS) is 1. The SMILES string of the molecule is COCCCNC(=O)Nc1ccc(C(=O)O)nc1. The molecule has 0 aliphatic rings. The van der Waals surface area contributed by atoms with Crippen LogP contribution in [0.25, 0.3) is 0 Å². The smallest absolute Gasteiger partial charge is 0.354 e. The molecule has 0 radical (unpaired) electrons. The molecule has 0 bridgehead atoms. The van der Waals surface area contributed by atoms with E-state index in [1.807, 2.05) is 0 Å². The van der Waals surface area contributed by atoms with Gasteiger partial charge in [0.15, 0.2) is 0 Å². The van der Waals surface area contributed by atoms with Crippen molar-refractivity contribution in [1.82, 2.24) is 10.3 Å². The number of nitrogens with one attached hydrogen (secondary N) is 2. The molecule has 18 heavy (non-hydrogen) atoms. The third-order valence-corrected chi connectivity index (χ3v) is 2.05. The monoisotopic (exact) mass is 253 g/mol. The first kappa shape index (κ1) is 13.9. The van der Waals surface area contributed by atoms with Gasteiger partial charge in [0.05, 0.1) is 11.9 Å². The number of aromatic nitrogens is 1. The lowest BCUT2D eigenvalue weighted by Gasteiger charge is -2.07. The first-order chi connectivity index (χ1) is 8.63. The fraction of sp³-hybridized carbons (Fsp3) is 0.364. The lowest BCUT2D eigenvalue weighted by Crippen LogP contribution is -2.30. The number of rotatable bonds is 6. The number of nitrogens with zero attached hydrogens (tertiary/aromatic N) is 1. The second-order valence-corrected chi connectivity index (χ2v) is 3.46. The third kappa shape index (κ3) is 4.79. The number of carbonyl (C=O) groups excluding carboxylic acids is 1. The minimum atomic E-state index is -1.11. The molecule has 0 spiro atoms. The molecule has 0 aliphatic heterocycles. The van der Waals surface area contributed by atoms with Crippen LogP contribution in [-0.4, -0.2) is 42.4 Å². The number of aromatic carboxylic acids is 1. The van der Waals surface area contributed by atoms with Crippen molar-refractivity contribution in [1.29, 1.82) is 0 Å². The highest BCUT2D eigenvalue weighted by atomic mass is 16.5. The van der Waals surface area contributed by atoms with Crippen molar-refractivity contribution in [3.63, 3.8) is 0 Å². The summed E-state index contributed by atoms with van der Waals surface area (Å²) < 4.78 is 4.84. The normalized spacial score (nSPS) is 9.83. The molecule has 0 atom stereocenters. The largest absolute Gasteiger partial charge is 0.477 e. The summed E-state index contributed by atoms with van der Waals surface area (Å²) >= 11 is 0. The second kappa shape index (κ2) is 7.23. The molecule has 7 nitrogen and oxygen atoms in total. The summed E-state index contributed by atoms with van der Waals surface area (Å²) in [5, 5.41) is 13.8. The van der Waals surface area contributed by atoms with Crippen molar-refractivity contribution >= 4 is 17.7 Å². The van der Waals surface area contributed by atoms with E-state index in [9.17, 15) is 9.59 Å². The van der Waals surface area contributed by atoms with Crippen molar-refractivity contribution in [2.24, 2.45) is 0 Å². The molecule has 0 aromatic carbocycles. The number of hydrogen-bond donors (Lipinski definition) is 3. The highest BCUT2D eigenvalue weighted by Crippen LogP contribution is 2.05. The Kier molecular flexibility index (Phi) is 5.59. The Hall–Kier alpha value is -2.15. The summed E-state index contributed by atoms with van der Waals surface area (Å²) in [5.41, 5.74) is 0.366. The van der Waals surface area contributed by atoms with Crippen molar-refractivity contribution < 1.29 is 19.4 Å². The van der Waals surface area contributed by atoms with E-state index in [1.54, 1.807) is 7.11 Å². The van der Waals surface area contributed by atoms with E-state index in [0.29, 0.717) is 18.8 Å². The Bertz CT molecular complexity index is 405. The van der Waals surface area contributed by atoms with Crippen LogP contribution in [0.1, 0.15) is 16.9 Å². The van der Waals surface area contributed by atoms with Gasteiger partial charge in [0, 0.05) is 20.3 Å². The van der Waals surface area contributed by atoms with Crippen molar-refractivity contribution in [3.05, 3.63) is 24.0 Å². The molecular weight excluding hydrogens is 238 g/mol. The van der Waals surface area contributed by atoms with Gasteiger partial charge in [-0.15, -0.1) is 0 Å². The lowest BCUT2D eigenvalue weighted by atomic mass is 10.3. The molecule has 1 heterocycles. The molecule has 98 valence electrons. The number of urea groups is 1. The Morgan fingerprint density at radius 2 is 2.22 bits per heavy atom. The van der Waals surface area contributed by atoms with Gasteiger partial charge in [-0.2, -0.15) is 0 Å². The van der Waals surface area contributed by atoms with E-state index in [-0.39, 0.29) is 11.7 Å². The minimum Gasteiger partial charge on any atom is -0.477 e.